The lowest BCUT2D eigenvalue weighted by molar-refractivity contribution is -0.115. The number of fused-ring (bicyclic) bond motifs is 1. The first kappa shape index (κ1) is 23.9. The number of amides is 3. The van der Waals surface area contributed by atoms with Crippen LogP contribution in [-0.4, -0.2) is 22.8 Å². The minimum absolute atomic E-state index is 0.00670. The summed E-state index contributed by atoms with van der Waals surface area (Å²) in [4.78, 5) is 38.6. The Labute approximate surface area is 215 Å². The Morgan fingerprint density at radius 3 is 2.18 bits per heavy atom. The van der Waals surface area contributed by atoms with Gasteiger partial charge in [-0.05, 0) is 66.3 Å². The Hall–Kier alpha value is -3.23. The highest BCUT2D eigenvalue weighted by Gasteiger charge is 2.36. The van der Waals surface area contributed by atoms with Gasteiger partial charge in [-0.3, -0.25) is 19.7 Å². The molecule has 2 N–H and O–H groups in total. The van der Waals surface area contributed by atoms with Crippen LogP contribution >= 0.6 is 47.0 Å². The van der Waals surface area contributed by atoms with Crippen LogP contribution in [0.5, 0.6) is 0 Å². The molecule has 1 heterocycles. The molecular weight excluding hydrogens is 517 g/mol. The van der Waals surface area contributed by atoms with Gasteiger partial charge in [-0.1, -0.05) is 53.0 Å². The highest BCUT2D eigenvalue weighted by Crippen LogP contribution is 2.33. The van der Waals surface area contributed by atoms with Crippen LogP contribution in [0.1, 0.15) is 26.3 Å². The van der Waals surface area contributed by atoms with Crippen LogP contribution in [0, 0.1) is 0 Å². The van der Waals surface area contributed by atoms with Gasteiger partial charge in [-0.25, -0.2) is 4.90 Å². The molecule has 0 fully saturated rings. The van der Waals surface area contributed by atoms with E-state index in [1.54, 1.807) is 54.6 Å². The number of rotatable bonds is 4. The zero-order valence-electron chi connectivity index (χ0n) is 17.1. The summed E-state index contributed by atoms with van der Waals surface area (Å²) in [6.07, 6.45) is 2.80. The fourth-order valence-corrected chi connectivity index (χ4v) is 4.18. The van der Waals surface area contributed by atoms with E-state index in [1.807, 2.05) is 0 Å². The number of carbonyl (C=O) groups is 3. The summed E-state index contributed by atoms with van der Waals surface area (Å²) in [7, 11) is 0. The van der Waals surface area contributed by atoms with E-state index >= 15 is 0 Å². The monoisotopic (exact) mass is 529 g/mol. The van der Waals surface area contributed by atoms with Gasteiger partial charge in [-0.15, -0.1) is 0 Å². The van der Waals surface area contributed by atoms with Crippen molar-refractivity contribution >= 4 is 87.3 Å². The van der Waals surface area contributed by atoms with Gasteiger partial charge in [-0.2, -0.15) is 0 Å². The molecule has 3 amide bonds. The predicted molar refractivity (Wildman–Crippen MR) is 139 cm³/mol. The molecule has 3 aromatic carbocycles. The molecule has 0 bridgehead atoms. The molecule has 1 aliphatic rings. The Bertz CT molecular complexity index is 1360. The number of anilines is 2. The molecule has 6 nitrogen and oxygen atoms in total. The Morgan fingerprint density at radius 1 is 0.882 bits per heavy atom. The molecule has 0 saturated carbocycles. The molecule has 0 spiro atoms. The average Bonchev–Trinajstić information content (AvgIpc) is 3.05. The van der Waals surface area contributed by atoms with Crippen LogP contribution in [0.4, 0.5) is 11.4 Å². The van der Waals surface area contributed by atoms with Crippen molar-refractivity contribution < 1.29 is 14.4 Å². The normalized spacial score (nSPS) is 12.7. The molecule has 1 aliphatic heterocycles. The first-order chi connectivity index (χ1) is 16.2. The SMILES string of the molecule is O=C(/C=C/c1ccc(Cl)cc1Cl)NC(=S)Nc1ccc(N2C(=O)c3ccccc3C2=O)cc1Cl. The number of carbonyl (C=O) groups excluding carboxylic acids is 3. The van der Waals surface area contributed by atoms with Crippen molar-refractivity contribution in [2.75, 3.05) is 10.2 Å². The average molecular weight is 531 g/mol. The quantitative estimate of drug-likeness (QED) is 0.247. The van der Waals surface area contributed by atoms with Crippen molar-refractivity contribution in [3.63, 3.8) is 0 Å². The Morgan fingerprint density at radius 2 is 1.56 bits per heavy atom. The summed E-state index contributed by atoms with van der Waals surface area (Å²) in [5.74, 6) is -1.33. The van der Waals surface area contributed by atoms with Crippen molar-refractivity contribution in [3.8, 4) is 0 Å². The standard InChI is InChI=1S/C24H14Cl3N3O3S/c25-14-7-5-13(18(26)11-14)6-10-21(31)29-24(34)28-20-9-8-15(12-19(20)27)30-22(32)16-3-1-2-4-17(16)23(30)33/h1-12H,(H2,28,29,31,34)/b10-6+. The van der Waals surface area contributed by atoms with Gasteiger partial charge in [0.15, 0.2) is 5.11 Å². The third kappa shape index (κ3) is 4.98. The van der Waals surface area contributed by atoms with Gasteiger partial charge in [0.2, 0.25) is 5.91 Å². The van der Waals surface area contributed by atoms with E-state index in [2.05, 4.69) is 10.6 Å². The lowest BCUT2D eigenvalue weighted by Crippen LogP contribution is -2.33. The second-order valence-corrected chi connectivity index (χ2v) is 8.76. The molecular formula is C24H14Cl3N3O3S. The maximum atomic E-state index is 12.7. The molecule has 0 aromatic heterocycles. The molecule has 0 saturated heterocycles. The molecule has 34 heavy (non-hydrogen) atoms. The van der Waals surface area contributed by atoms with Crippen molar-refractivity contribution in [2.24, 2.45) is 0 Å². The van der Waals surface area contributed by atoms with E-state index in [1.165, 1.54) is 18.2 Å². The number of halogens is 3. The molecule has 3 aromatic rings. The van der Waals surface area contributed by atoms with E-state index in [9.17, 15) is 14.4 Å². The predicted octanol–water partition coefficient (Wildman–Crippen LogP) is 5.97. The van der Waals surface area contributed by atoms with Crippen molar-refractivity contribution in [2.45, 2.75) is 0 Å². The second kappa shape index (κ2) is 9.95. The largest absolute Gasteiger partial charge is 0.331 e. The lowest BCUT2D eigenvalue weighted by atomic mass is 10.1. The number of thiocarbonyl (C=S) groups is 1. The van der Waals surface area contributed by atoms with E-state index in [0.29, 0.717) is 38.1 Å². The highest BCUT2D eigenvalue weighted by molar-refractivity contribution is 7.80. The molecule has 0 unspecified atom stereocenters. The smallest absolute Gasteiger partial charge is 0.266 e. The molecule has 10 heteroatoms. The number of hydrogen-bond acceptors (Lipinski definition) is 4. The van der Waals surface area contributed by atoms with Crippen LogP contribution in [0.15, 0.2) is 66.7 Å². The topological polar surface area (TPSA) is 78.5 Å². The van der Waals surface area contributed by atoms with Crippen LogP contribution in [0.3, 0.4) is 0 Å². The molecule has 4 rings (SSSR count). The summed E-state index contributed by atoms with van der Waals surface area (Å²) in [5, 5.41) is 6.42. The van der Waals surface area contributed by atoms with Crippen molar-refractivity contribution in [3.05, 3.63) is 98.5 Å². The summed E-state index contributed by atoms with van der Waals surface area (Å²) in [6, 6.07) is 16.1. The van der Waals surface area contributed by atoms with Crippen LogP contribution in [0.2, 0.25) is 15.1 Å². The van der Waals surface area contributed by atoms with E-state index in [0.717, 1.165) is 4.90 Å². The van der Waals surface area contributed by atoms with Gasteiger partial charge in [0, 0.05) is 16.1 Å². The number of benzene rings is 3. The van der Waals surface area contributed by atoms with Gasteiger partial charge >= 0.3 is 0 Å². The summed E-state index contributed by atoms with van der Waals surface area (Å²) in [5.41, 5.74) is 1.99. The van der Waals surface area contributed by atoms with Crippen LogP contribution in [0.25, 0.3) is 6.08 Å². The number of imide groups is 1. The lowest BCUT2D eigenvalue weighted by Gasteiger charge is -2.16. The number of nitrogens with one attached hydrogen (secondary N) is 2. The molecule has 170 valence electrons. The number of hydrogen-bond donors (Lipinski definition) is 2. The molecule has 0 radical (unpaired) electrons. The minimum Gasteiger partial charge on any atom is -0.331 e. The fraction of sp³-hybridized carbons (Fsp3) is 0. The maximum absolute atomic E-state index is 12.7. The van der Waals surface area contributed by atoms with E-state index in [-0.39, 0.29) is 10.1 Å². The second-order valence-electron chi connectivity index (χ2n) is 7.10. The third-order valence-electron chi connectivity index (χ3n) is 4.87. The zero-order valence-corrected chi connectivity index (χ0v) is 20.2. The van der Waals surface area contributed by atoms with Crippen LogP contribution < -0.4 is 15.5 Å². The fourth-order valence-electron chi connectivity index (χ4n) is 3.28. The van der Waals surface area contributed by atoms with Gasteiger partial charge < -0.3 is 5.32 Å². The summed E-state index contributed by atoms with van der Waals surface area (Å²) >= 11 is 23.5. The number of nitrogens with zero attached hydrogens (tertiary/aromatic N) is 1. The summed E-state index contributed by atoms with van der Waals surface area (Å²) < 4.78 is 0. The van der Waals surface area contributed by atoms with E-state index < -0.39 is 17.7 Å². The Kier molecular flexibility index (Phi) is 7.00. The zero-order chi connectivity index (χ0) is 24.4. The van der Waals surface area contributed by atoms with Crippen molar-refractivity contribution in [1.82, 2.24) is 5.32 Å². The first-order valence-corrected chi connectivity index (χ1v) is 11.3. The Balaban J connectivity index is 1.41. The summed E-state index contributed by atoms with van der Waals surface area (Å²) in [6.45, 7) is 0. The molecule has 0 atom stereocenters. The van der Waals surface area contributed by atoms with Crippen molar-refractivity contribution in [1.29, 1.82) is 0 Å². The van der Waals surface area contributed by atoms with Crippen LogP contribution in [-0.2, 0) is 4.79 Å². The van der Waals surface area contributed by atoms with E-state index in [4.69, 9.17) is 47.0 Å². The molecule has 0 aliphatic carbocycles. The van der Waals surface area contributed by atoms with Gasteiger partial charge in [0.1, 0.15) is 0 Å². The first-order valence-electron chi connectivity index (χ1n) is 9.77. The maximum Gasteiger partial charge on any atom is 0.266 e. The highest BCUT2D eigenvalue weighted by atomic mass is 35.5. The van der Waals surface area contributed by atoms with Gasteiger partial charge in [0.25, 0.3) is 11.8 Å². The third-order valence-corrected chi connectivity index (χ3v) is 5.95. The minimum atomic E-state index is -0.484. The van der Waals surface area contributed by atoms with Gasteiger partial charge in [0.05, 0.1) is 27.5 Å².